The summed E-state index contributed by atoms with van der Waals surface area (Å²) in [5.74, 6) is 0.0665. The first kappa shape index (κ1) is 17.5. The molecule has 0 saturated carbocycles. The highest BCUT2D eigenvalue weighted by Crippen LogP contribution is 2.28. The SMILES string of the molecule is COc1ccc(S(=O)(=O)Nc2cccc(I)c2)cc1NC(C)=O. The van der Waals surface area contributed by atoms with E-state index in [-0.39, 0.29) is 10.8 Å². The first-order valence-corrected chi connectivity index (χ1v) is 9.12. The highest BCUT2D eigenvalue weighted by atomic mass is 127. The van der Waals surface area contributed by atoms with E-state index in [0.29, 0.717) is 17.1 Å². The van der Waals surface area contributed by atoms with Crippen molar-refractivity contribution < 1.29 is 17.9 Å². The number of sulfonamides is 1. The number of ether oxygens (including phenoxy) is 1. The monoisotopic (exact) mass is 446 g/mol. The fraction of sp³-hybridized carbons (Fsp3) is 0.133. The van der Waals surface area contributed by atoms with Crippen molar-refractivity contribution in [3.8, 4) is 5.75 Å². The molecule has 0 aliphatic carbocycles. The van der Waals surface area contributed by atoms with Crippen LogP contribution < -0.4 is 14.8 Å². The fourth-order valence-electron chi connectivity index (χ4n) is 1.91. The molecule has 2 aromatic rings. The second-order valence-electron chi connectivity index (χ2n) is 4.66. The average molecular weight is 446 g/mol. The maximum absolute atomic E-state index is 12.5. The summed E-state index contributed by atoms with van der Waals surface area (Å²) in [7, 11) is -2.33. The Bertz CT molecular complexity index is 837. The molecule has 8 heteroatoms. The maximum Gasteiger partial charge on any atom is 0.261 e. The van der Waals surface area contributed by atoms with Crippen LogP contribution in [-0.2, 0) is 14.8 Å². The molecule has 2 aromatic carbocycles. The summed E-state index contributed by atoms with van der Waals surface area (Å²) in [5.41, 5.74) is 0.763. The lowest BCUT2D eigenvalue weighted by molar-refractivity contribution is -0.114. The van der Waals surface area contributed by atoms with Crippen LogP contribution >= 0.6 is 22.6 Å². The minimum absolute atomic E-state index is 0.0286. The van der Waals surface area contributed by atoms with E-state index in [0.717, 1.165) is 3.57 Å². The molecule has 2 rings (SSSR count). The van der Waals surface area contributed by atoms with Gasteiger partial charge in [-0.05, 0) is 59.0 Å². The van der Waals surface area contributed by atoms with Gasteiger partial charge < -0.3 is 10.1 Å². The molecule has 122 valence electrons. The highest BCUT2D eigenvalue weighted by Gasteiger charge is 2.17. The van der Waals surface area contributed by atoms with Gasteiger partial charge in [0.25, 0.3) is 10.0 Å². The van der Waals surface area contributed by atoms with Crippen molar-refractivity contribution in [1.82, 2.24) is 0 Å². The molecule has 1 amide bonds. The van der Waals surface area contributed by atoms with Gasteiger partial charge in [-0.25, -0.2) is 8.42 Å². The van der Waals surface area contributed by atoms with Crippen molar-refractivity contribution in [2.75, 3.05) is 17.1 Å². The summed E-state index contributed by atoms with van der Waals surface area (Å²) in [6.07, 6.45) is 0. The summed E-state index contributed by atoms with van der Waals surface area (Å²) in [6, 6.07) is 11.3. The Morgan fingerprint density at radius 2 is 1.91 bits per heavy atom. The Morgan fingerprint density at radius 1 is 1.17 bits per heavy atom. The number of amides is 1. The van der Waals surface area contributed by atoms with Gasteiger partial charge in [-0.3, -0.25) is 9.52 Å². The molecule has 0 saturated heterocycles. The number of hydrogen-bond acceptors (Lipinski definition) is 4. The number of nitrogens with one attached hydrogen (secondary N) is 2. The molecule has 0 aliphatic rings. The number of benzene rings is 2. The second-order valence-corrected chi connectivity index (χ2v) is 7.59. The van der Waals surface area contributed by atoms with Crippen molar-refractivity contribution >= 4 is 49.9 Å². The minimum atomic E-state index is -3.77. The molecule has 0 fully saturated rings. The lowest BCUT2D eigenvalue weighted by atomic mass is 10.3. The van der Waals surface area contributed by atoms with E-state index in [1.165, 1.54) is 32.2 Å². The van der Waals surface area contributed by atoms with Gasteiger partial charge in [0.15, 0.2) is 0 Å². The molecule has 0 aliphatic heterocycles. The highest BCUT2D eigenvalue weighted by molar-refractivity contribution is 14.1. The number of hydrogen-bond donors (Lipinski definition) is 2. The zero-order valence-electron chi connectivity index (χ0n) is 12.5. The van der Waals surface area contributed by atoms with Crippen LogP contribution in [-0.4, -0.2) is 21.4 Å². The molecular weight excluding hydrogens is 431 g/mol. The Kier molecular flexibility index (Phi) is 5.47. The predicted molar refractivity (Wildman–Crippen MR) is 97.3 cm³/mol. The molecule has 0 spiro atoms. The third-order valence-electron chi connectivity index (χ3n) is 2.87. The van der Waals surface area contributed by atoms with Crippen LogP contribution in [0, 0.1) is 3.57 Å². The van der Waals surface area contributed by atoms with Gasteiger partial charge in [-0.15, -0.1) is 0 Å². The molecular formula is C15H15IN2O4S. The van der Waals surface area contributed by atoms with E-state index < -0.39 is 10.0 Å². The molecule has 0 atom stereocenters. The lowest BCUT2D eigenvalue weighted by Crippen LogP contribution is -2.14. The van der Waals surface area contributed by atoms with Gasteiger partial charge in [0.1, 0.15) is 5.75 Å². The number of rotatable bonds is 5. The van der Waals surface area contributed by atoms with E-state index in [1.807, 2.05) is 6.07 Å². The third kappa shape index (κ3) is 4.58. The number of carbonyl (C=O) groups excluding carboxylic acids is 1. The van der Waals surface area contributed by atoms with Crippen molar-refractivity contribution in [2.45, 2.75) is 11.8 Å². The van der Waals surface area contributed by atoms with Crippen molar-refractivity contribution in [1.29, 1.82) is 0 Å². The van der Waals surface area contributed by atoms with Crippen LogP contribution in [0.5, 0.6) is 5.75 Å². The first-order chi connectivity index (χ1) is 10.8. The molecule has 2 N–H and O–H groups in total. The number of anilines is 2. The molecule has 0 bridgehead atoms. The van der Waals surface area contributed by atoms with Crippen LogP contribution in [0.2, 0.25) is 0 Å². The lowest BCUT2D eigenvalue weighted by Gasteiger charge is -2.12. The van der Waals surface area contributed by atoms with Gasteiger partial charge >= 0.3 is 0 Å². The van der Waals surface area contributed by atoms with Crippen LogP contribution in [0.15, 0.2) is 47.4 Å². The summed E-state index contributed by atoms with van der Waals surface area (Å²) in [6.45, 7) is 1.34. The minimum Gasteiger partial charge on any atom is -0.495 e. The number of methoxy groups -OCH3 is 1. The van der Waals surface area contributed by atoms with E-state index in [4.69, 9.17) is 4.74 Å². The van der Waals surface area contributed by atoms with Gasteiger partial charge in [0.2, 0.25) is 5.91 Å². The third-order valence-corrected chi connectivity index (χ3v) is 4.92. The molecule has 6 nitrogen and oxygen atoms in total. The van der Waals surface area contributed by atoms with Crippen LogP contribution in [0.1, 0.15) is 6.92 Å². The summed E-state index contributed by atoms with van der Waals surface area (Å²) in [5, 5.41) is 2.55. The van der Waals surface area contributed by atoms with Gasteiger partial charge in [-0.1, -0.05) is 6.07 Å². The maximum atomic E-state index is 12.5. The Balaban J connectivity index is 2.37. The van der Waals surface area contributed by atoms with Crippen LogP contribution in [0.3, 0.4) is 0 Å². The quantitative estimate of drug-likeness (QED) is 0.692. The first-order valence-electron chi connectivity index (χ1n) is 6.56. The summed E-state index contributed by atoms with van der Waals surface area (Å²) in [4.78, 5) is 11.3. The second kappa shape index (κ2) is 7.18. The van der Waals surface area contributed by atoms with Gasteiger partial charge in [0.05, 0.1) is 17.7 Å². The smallest absolute Gasteiger partial charge is 0.261 e. The standard InChI is InChI=1S/C15H15IN2O4S/c1-10(19)17-14-9-13(6-7-15(14)22-2)23(20,21)18-12-5-3-4-11(16)8-12/h3-9,18H,1-2H3,(H,17,19). The summed E-state index contributed by atoms with van der Waals surface area (Å²) < 4.78 is 33.5. The van der Waals surface area contributed by atoms with Gasteiger partial charge in [0, 0.05) is 16.2 Å². The zero-order chi connectivity index (χ0) is 17.0. The topological polar surface area (TPSA) is 84.5 Å². The molecule has 0 heterocycles. The van der Waals surface area contributed by atoms with Crippen LogP contribution in [0.4, 0.5) is 11.4 Å². The van der Waals surface area contributed by atoms with E-state index in [9.17, 15) is 13.2 Å². The van der Waals surface area contributed by atoms with Crippen molar-refractivity contribution in [3.63, 3.8) is 0 Å². The zero-order valence-corrected chi connectivity index (χ0v) is 15.4. The Morgan fingerprint density at radius 3 is 2.52 bits per heavy atom. The van der Waals surface area contributed by atoms with E-state index in [1.54, 1.807) is 18.2 Å². The number of carbonyl (C=O) groups is 1. The largest absolute Gasteiger partial charge is 0.495 e. The molecule has 0 unspecified atom stereocenters. The predicted octanol–water partition coefficient (Wildman–Crippen LogP) is 3.06. The molecule has 23 heavy (non-hydrogen) atoms. The average Bonchev–Trinajstić information content (AvgIpc) is 2.46. The van der Waals surface area contributed by atoms with Crippen LogP contribution in [0.25, 0.3) is 0 Å². The van der Waals surface area contributed by atoms with E-state index >= 15 is 0 Å². The molecule has 0 aromatic heterocycles. The van der Waals surface area contributed by atoms with Crippen molar-refractivity contribution in [2.24, 2.45) is 0 Å². The number of halogens is 1. The Labute approximate surface area is 148 Å². The molecule has 0 radical (unpaired) electrons. The normalized spacial score (nSPS) is 10.9. The van der Waals surface area contributed by atoms with E-state index in [2.05, 4.69) is 32.6 Å². The summed E-state index contributed by atoms with van der Waals surface area (Å²) >= 11 is 2.10. The van der Waals surface area contributed by atoms with Crippen molar-refractivity contribution in [3.05, 3.63) is 46.0 Å². The van der Waals surface area contributed by atoms with Gasteiger partial charge in [-0.2, -0.15) is 0 Å². The Hall–Kier alpha value is -1.81. The fourth-order valence-corrected chi connectivity index (χ4v) is 3.53.